The molecule has 0 atom stereocenters. The summed E-state index contributed by atoms with van der Waals surface area (Å²) in [7, 11) is 0. The van der Waals surface area contributed by atoms with Crippen molar-refractivity contribution in [2.75, 3.05) is 0 Å². The number of fused-ring (bicyclic) bond motifs is 2. The van der Waals surface area contributed by atoms with E-state index in [0.717, 1.165) is 0 Å². The van der Waals surface area contributed by atoms with Gasteiger partial charge in [0.2, 0.25) is 5.69 Å². The number of aromatic nitrogens is 1. The molecule has 2 aromatic carbocycles. The Bertz CT molecular complexity index is 810. The zero-order chi connectivity index (χ0) is 17.3. The maximum atomic E-state index is 2.63. The second kappa shape index (κ2) is 6.72. The average Bonchev–Trinajstić information content (AvgIpc) is 2.73. The lowest BCUT2D eigenvalue weighted by Crippen LogP contribution is -2.44. The molecule has 2 aliphatic carbocycles. The lowest BCUT2D eigenvalue weighted by molar-refractivity contribution is -0.614. The first-order valence-corrected chi connectivity index (χ1v) is 10.2. The van der Waals surface area contributed by atoms with Gasteiger partial charge in [-0.25, -0.2) is 0 Å². The van der Waals surface area contributed by atoms with E-state index in [1.165, 1.54) is 62.6 Å². The molecule has 1 heterocycles. The van der Waals surface area contributed by atoms with Gasteiger partial charge < -0.3 is 0 Å². The fourth-order valence-corrected chi connectivity index (χ4v) is 5.00. The predicted octanol–water partition coefficient (Wildman–Crippen LogP) is 5.39. The van der Waals surface area contributed by atoms with E-state index in [0.29, 0.717) is 0 Å². The summed E-state index contributed by atoms with van der Waals surface area (Å²) in [5.41, 5.74) is 10.7. The third-order valence-electron chi connectivity index (χ3n) is 6.10. The molecule has 2 aliphatic rings. The maximum absolute atomic E-state index is 2.63. The van der Waals surface area contributed by atoms with Crippen molar-refractivity contribution < 1.29 is 4.57 Å². The monoisotopic (exact) mass is 340 g/mol. The van der Waals surface area contributed by atoms with Crippen molar-refractivity contribution in [1.82, 2.24) is 0 Å². The molecule has 0 spiro atoms. The molecule has 0 N–H and O–H groups in total. The van der Waals surface area contributed by atoms with Gasteiger partial charge in [0, 0.05) is 41.7 Å². The minimum absolute atomic E-state index is 1.21. The number of benzene rings is 2. The van der Waals surface area contributed by atoms with Crippen LogP contribution in [0, 0.1) is 0 Å². The molecular formula is C25H26N+. The second-order valence-corrected chi connectivity index (χ2v) is 7.68. The molecule has 1 heteroatoms. The summed E-state index contributed by atoms with van der Waals surface area (Å²) in [6.07, 6.45) is 10.1. The van der Waals surface area contributed by atoms with Crippen LogP contribution in [0.25, 0.3) is 16.8 Å². The quantitative estimate of drug-likeness (QED) is 0.551. The Balaban J connectivity index is 1.86. The van der Waals surface area contributed by atoms with Gasteiger partial charge in [0.05, 0.1) is 0 Å². The van der Waals surface area contributed by atoms with Crippen LogP contribution < -0.4 is 4.57 Å². The van der Waals surface area contributed by atoms with Crippen molar-refractivity contribution in [3.05, 3.63) is 83.2 Å². The summed E-state index contributed by atoms with van der Waals surface area (Å²) in [4.78, 5) is 0. The predicted molar refractivity (Wildman–Crippen MR) is 107 cm³/mol. The van der Waals surface area contributed by atoms with Crippen molar-refractivity contribution in [2.24, 2.45) is 0 Å². The Labute approximate surface area is 156 Å². The summed E-state index contributed by atoms with van der Waals surface area (Å²) in [5, 5.41) is 0. The smallest absolute Gasteiger partial charge is 0.161 e. The highest BCUT2D eigenvalue weighted by Gasteiger charge is 2.34. The van der Waals surface area contributed by atoms with Crippen LogP contribution in [0.4, 0.5) is 0 Å². The van der Waals surface area contributed by atoms with Gasteiger partial charge in [0.25, 0.3) is 0 Å². The Hall–Kier alpha value is -2.41. The van der Waals surface area contributed by atoms with Crippen LogP contribution in [0.15, 0.2) is 60.7 Å². The molecule has 0 amide bonds. The van der Waals surface area contributed by atoms with E-state index >= 15 is 0 Å². The second-order valence-electron chi connectivity index (χ2n) is 7.68. The van der Waals surface area contributed by atoms with E-state index in [9.17, 15) is 0 Å². The van der Waals surface area contributed by atoms with Crippen LogP contribution in [-0.2, 0) is 25.7 Å². The number of para-hydroxylation sites is 1. The van der Waals surface area contributed by atoms with Crippen molar-refractivity contribution in [1.29, 1.82) is 0 Å². The number of rotatable bonds is 2. The highest BCUT2D eigenvalue weighted by Crippen LogP contribution is 2.37. The van der Waals surface area contributed by atoms with E-state index in [-0.39, 0.29) is 0 Å². The summed E-state index contributed by atoms with van der Waals surface area (Å²) in [6, 6.07) is 22.2. The molecule has 0 aliphatic heterocycles. The summed E-state index contributed by atoms with van der Waals surface area (Å²) < 4.78 is 2.63. The molecule has 0 fully saturated rings. The van der Waals surface area contributed by atoms with Crippen LogP contribution in [-0.4, -0.2) is 0 Å². The van der Waals surface area contributed by atoms with Gasteiger partial charge in [0.1, 0.15) is 0 Å². The minimum Gasteiger partial charge on any atom is -0.161 e. The molecule has 0 saturated carbocycles. The van der Waals surface area contributed by atoms with Gasteiger partial charge in [-0.3, -0.25) is 0 Å². The fraction of sp³-hybridized carbons (Fsp3) is 0.320. The molecule has 0 saturated heterocycles. The van der Waals surface area contributed by atoms with Crippen molar-refractivity contribution in [2.45, 2.75) is 51.4 Å². The van der Waals surface area contributed by atoms with Crippen molar-refractivity contribution >= 4 is 0 Å². The maximum Gasteiger partial charge on any atom is 0.211 e. The first-order valence-electron chi connectivity index (χ1n) is 10.2. The van der Waals surface area contributed by atoms with Crippen LogP contribution in [0.2, 0.25) is 0 Å². The highest BCUT2D eigenvalue weighted by molar-refractivity contribution is 5.72. The van der Waals surface area contributed by atoms with Gasteiger partial charge >= 0.3 is 0 Å². The Kier molecular flexibility index (Phi) is 4.09. The molecule has 1 nitrogen and oxygen atoms in total. The van der Waals surface area contributed by atoms with Crippen LogP contribution >= 0.6 is 0 Å². The van der Waals surface area contributed by atoms with Crippen molar-refractivity contribution in [3.63, 3.8) is 0 Å². The molecule has 0 unspecified atom stereocenters. The topological polar surface area (TPSA) is 3.88 Å². The molecule has 5 rings (SSSR count). The molecule has 130 valence electrons. The van der Waals surface area contributed by atoms with Crippen LogP contribution in [0.1, 0.15) is 48.2 Å². The minimum atomic E-state index is 1.21. The lowest BCUT2D eigenvalue weighted by Gasteiger charge is -2.26. The van der Waals surface area contributed by atoms with Gasteiger partial charge in [-0.15, -0.1) is 0 Å². The van der Waals surface area contributed by atoms with E-state index in [2.05, 4.69) is 65.2 Å². The summed E-state index contributed by atoms with van der Waals surface area (Å²) in [5.74, 6) is 0. The average molecular weight is 340 g/mol. The molecule has 0 bridgehead atoms. The zero-order valence-corrected chi connectivity index (χ0v) is 15.4. The SMILES string of the molecule is c1ccc(-c2c3c([n+](-c4ccccc4)c4c2CCCC4)CCCC3)cc1. The van der Waals surface area contributed by atoms with E-state index in [1.54, 1.807) is 28.1 Å². The van der Waals surface area contributed by atoms with Crippen LogP contribution in [0.5, 0.6) is 0 Å². The number of pyridine rings is 1. The largest absolute Gasteiger partial charge is 0.211 e. The summed E-state index contributed by atoms with van der Waals surface area (Å²) in [6.45, 7) is 0. The molecular weight excluding hydrogens is 314 g/mol. The summed E-state index contributed by atoms with van der Waals surface area (Å²) >= 11 is 0. The van der Waals surface area contributed by atoms with Crippen molar-refractivity contribution in [3.8, 4) is 16.8 Å². The molecule has 1 aromatic heterocycles. The van der Waals surface area contributed by atoms with Gasteiger partial charge in [-0.05, 0) is 44.1 Å². The van der Waals surface area contributed by atoms with E-state index < -0.39 is 0 Å². The van der Waals surface area contributed by atoms with Gasteiger partial charge in [-0.1, -0.05) is 48.5 Å². The highest BCUT2D eigenvalue weighted by atomic mass is 15.0. The molecule has 3 aromatic rings. The van der Waals surface area contributed by atoms with Gasteiger partial charge in [-0.2, -0.15) is 4.57 Å². The number of hydrogen-bond donors (Lipinski definition) is 0. The number of hydrogen-bond acceptors (Lipinski definition) is 0. The normalized spacial score (nSPS) is 16.0. The third-order valence-corrected chi connectivity index (χ3v) is 6.10. The first-order chi connectivity index (χ1) is 12.9. The van der Waals surface area contributed by atoms with Crippen LogP contribution in [0.3, 0.4) is 0 Å². The van der Waals surface area contributed by atoms with E-state index in [4.69, 9.17) is 0 Å². The Morgan fingerprint density at radius 1 is 0.538 bits per heavy atom. The van der Waals surface area contributed by atoms with Gasteiger partial charge in [0.15, 0.2) is 11.4 Å². The lowest BCUT2D eigenvalue weighted by atomic mass is 9.81. The standard InChI is InChI=1S/C25H26N/c1-3-11-19(12-4-1)25-21-15-7-9-17-23(21)26(20-13-5-2-6-14-20)24-18-10-8-16-22(24)25/h1-6,11-14H,7-10,15-18H2/q+1. The Morgan fingerprint density at radius 2 is 1.04 bits per heavy atom. The number of nitrogens with zero attached hydrogens (tertiary/aromatic N) is 1. The molecule has 26 heavy (non-hydrogen) atoms. The first kappa shape index (κ1) is 15.8. The Morgan fingerprint density at radius 3 is 1.62 bits per heavy atom. The molecule has 0 radical (unpaired) electrons. The van der Waals surface area contributed by atoms with E-state index in [1.807, 2.05) is 0 Å². The third kappa shape index (κ3) is 2.58. The fourth-order valence-electron chi connectivity index (χ4n) is 5.00. The zero-order valence-electron chi connectivity index (χ0n) is 15.4.